The molecule has 1 unspecified atom stereocenters. The molecule has 0 fully saturated rings. The summed E-state index contributed by atoms with van der Waals surface area (Å²) in [6, 6.07) is 0. The topological polar surface area (TPSA) is 80.0 Å². The Bertz CT molecular complexity index is 410. The number of aryl methyl sites for hydroxylation is 1. The van der Waals surface area contributed by atoms with Gasteiger partial charge >= 0.3 is 5.97 Å². The van der Waals surface area contributed by atoms with E-state index in [-0.39, 0.29) is 0 Å². The minimum atomic E-state index is -0.837. The van der Waals surface area contributed by atoms with E-state index in [4.69, 9.17) is 0 Å². The highest BCUT2D eigenvalue weighted by atomic mass is 32.2. The smallest absolute Gasteiger partial charge is 0.323 e. The molecule has 0 bridgehead atoms. The number of nitrogens with zero attached hydrogens (tertiary/aromatic N) is 3. The zero-order valence-electron chi connectivity index (χ0n) is 11.7. The summed E-state index contributed by atoms with van der Waals surface area (Å²) in [6.07, 6.45) is 4.01. The molecular formula is C12H22N4O2S. The van der Waals surface area contributed by atoms with Gasteiger partial charge in [-0.1, -0.05) is 18.7 Å². The minimum absolute atomic E-state index is 0.604. The monoisotopic (exact) mass is 286 g/mol. The third kappa shape index (κ3) is 4.83. The molecule has 0 aliphatic carbocycles. The maximum atomic E-state index is 11.3. The molecule has 0 aliphatic rings. The van der Waals surface area contributed by atoms with Gasteiger partial charge in [0.1, 0.15) is 11.9 Å². The van der Waals surface area contributed by atoms with Crippen molar-refractivity contribution < 1.29 is 9.90 Å². The summed E-state index contributed by atoms with van der Waals surface area (Å²) in [5.41, 5.74) is -0.837. The molecule has 1 aromatic heterocycles. The van der Waals surface area contributed by atoms with Crippen LogP contribution in [0.1, 0.15) is 33.1 Å². The van der Waals surface area contributed by atoms with Gasteiger partial charge in [0.25, 0.3) is 0 Å². The maximum absolute atomic E-state index is 11.3. The van der Waals surface area contributed by atoms with Gasteiger partial charge in [-0.3, -0.25) is 4.79 Å². The molecule has 0 aliphatic heterocycles. The molecule has 6 nitrogen and oxygen atoms in total. The van der Waals surface area contributed by atoms with Crippen molar-refractivity contribution in [2.24, 2.45) is 7.05 Å². The second-order valence-electron chi connectivity index (χ2n) is 4.74. The molecule has 2 N–H and O–H groups in total. The normalized spacial score (nSPS) is 14.3. The molecule has 0 amide bonds. The number of hydrogen-bond acceptors (Lipinski definition) is 5. The fourth-order valence-electron chi connectivity index (χ4n) is 1.66. The average Bonchev–Trinajstić information content (AvgIpc) is 2.78. The largest absolute Gasteiger partial charge is 0.480 e. The number of rotatable bonds is 9. The Kier molecular flexibility index (Phi) is 6.30. The lowest BCUT2D eigenvalue weighted by molar-refractivity contribution is -0.144. The fourth-order valence-corrected chi connectivity index (χ4v) is 2.49. The molecule has 108 valence electrons. The summed E-state index contributed by atoms with van der Waals surface area (Å²) in [4.78, 5) is 11.3. The number of hydrogen-bond donors (Lipinski definition) is 2. The summed E-state index contributed by atoms with van der Waals surface area (Å²) >= 11 is 1.60. The lowest BCUT2D eigenvalue weighted by Gasteiger charge is -2.26. The molecule has 1 heterocycles. The maximum Gasteiger partial charge on any atom is 0.323 e. The summed E-state index contributed by atoms with van der Waals surface area (Å²) in [5, 5.41) is 21.0. The molecule has 1 atom stereocenters. The van der Waals surface area contributed by atoms with Crippen molar-refractivity contribution >= 4 is 17.7 Å². The minimum Gasteiger partial charge on any atom is -0.480 e. The Labute approximate surface area is 118 Å². The van der Waals surface area contributed by atoms with Crippen molar-refractivity contribution in [3.05, 3.63) is 6.33 Å². The number of aliphatic carboxylic acids is 1. The van der Waals surface area contributed by atoms with Gasteiger partial charge in [0.05, 0.1) is 0 Å². The van der Waals surface area contributed by atoms with E-state index >= 15 is 0 Å². The first-order chi connectivity index (χ1) is 8.99. The number of carboxylic acid groups (broad SMARTS) is 1. The Morgan fingerprint density at radius 3 is 2.89 bits per heavy atom. The van der Waals surface area contributed by atoms with Crippen molar-refractivity contribution in [3.8, 4) is 0 Å². The van der Waals surface area contributed by atoms with Gasteiger partial charge in [-0.15, -0.1) is 10.2 Å². The van der Waals surface area contributed by atoms with Crippen molar-refractivity contribution in [2.75, 3.05) is 12.3 Å². The van der Waals surface area contributed by atoms with E-state index in [0.29, 0.717) is 6.42 Å². The predicted molar refractivity (Wildman–Crippen MR) is 75.3 cm³/mol. The van der Waals surface area contributed by atoms with Crippen LogP contribution in [0.4, 0.5) is 0 Å². The first-order valence-electron chi connectivity index (χ1n) is 6.45. The van der Waals surface area contributed by atoms with E-state index in [1.54, 1.807) is 25.0 Å². The number of aromatic nitrogens is 3. The summed E-state index contributed by atoms with van der Waals surface area (Å²) < 4.78 is 1.86. The summed E-state index contributed by atoms with van der Waals surface area (Å²) in [6.45, 7) is 4.50. The van der Waals surface area contributed by atoms with Gasteiger partial charge in [0.15, 0.2) is 5.16 Å². The van der Waals surface area contributed by atoms with Crippen LogP contribution in [-0.4, -0.2) is 43.7 Å². The summed E-state index contributed by atoms with van der Waals surface area (Å²) in [5.74, 6) is 0.0491. The molecular weight excluding hydrogens is 264 g/mol. The summed E-state index contributed by atoms with van der Waals surface area (Å²) in [7, 11) is 1.90. The Balaban J connectivity index is 2.36. The number of nitrogens with one attached hydrogen (secondary N) is 1. The second kappa shape index (κ2) is 7.49. The molecule has 0 saturated carbocycles. The van der Waals surface area contributed by atoms with E-state index in [2.05, 4.69) is 15.5 Å². The van der Waals surface area contributed by atoms with Crippen LogP contribution in [0.15, 0.2) is 11.5 Å². The van der Waals surface area contributed by atoms with Gasteiger partial charge < -0.3 is 15.0 Å². The van der Waals surface area contributed by atoms with Crippen LogP contribution < -0.4 is 5.32 Å². The Morgan fingerprint density at radius 1 is 1.63 bits per heavy atom. The Morgan fingerprint density at radius 2 is 2.37 bits per heavy atom. The second-order valence-corrected chi connectivity index (χ2v) is 5.80. The number of thioether (sulfide) groups is 1. The van der Waals surface area contributed by atoms with E-state index in [1.165, 1.54) is 0 Å². The van der Waals surface area contributed by atoms with Gasteiger partial charge in [-0.05, 0) is 32.7 Å². The van der Waals surface area contributed by atoms with Crippen LogP contribution in [0.5, 0.6) is 0 Å². The standard InChI is InChI=1S/C12H22N4O2S/c1-4-7-13-12(2,10(17)18)6-5-8-19-11-15-14-9-16(11)3/h9,13H,4-8H2,1-3H3,(H,17,18). The first-order valence-corrected chi connectivity index (χ1v) is 7.43. The number of carbonyl (C=O) groups is 1. The van der Waals surface area contributed by atoms with Crippen LogP contribution >= 0.6 is 11.8 Å². The Hall–Kier alpha value is -1.08. The number of carboxylic acids is 1. The zero-order valence-corrected chi connectivity index (χ0v) is 12.5. The van der Waals surface area contributed by atoms with Crippen LogP contribution in [0.2, 0.25) is 0 Å². The molecule has 0 aromatic carbocycles. The quantitative estimate of drug-likeness (QED) is 0.529. The first kappa shape index (κ1) is 16.0. The molecule has 0 saturated heterocycles. The fraction of sp³-hybridized carbons (Fsp3) is 0.750. The van der Waals surface area contributed by atoms with Gasteiger partial charge in [0.2, 0.25) is 0 Å². The van der Waals surface area contributed by atoms with Crippen molar-refractivity contribution in [1.29, 1.82) is 0 Å². The van der Waals surface area contributed by atoms with Gasteiger partial charge in [-0.2, -0.15) is 0 Å². The van der Waals surface area contributed by atoms with Crippen LogP contribution in [0.3, 0.4) is 0 Å². The highest BCUT2D eigenvalue weighted by Gasteiger charge is 2.31. The predicted octanol–water partition coefficient (Wildman–Crippen LogP) is 1.53. The average molecular weight is 286 g/mol. The third-order valence-electron chi connectivity index (χ3n) is 2.96. The van der Waals surface area contributed by atoms with E-state index in [1.807, 2.05) is 18.5 Å². The van der Waals surface area contributed by atoms with E-state index in [9.17, 15) is 9.90 Å². The van der Waals surface area contributed by atoms with E-state index in [0.717, 1.165) is 30.3 Å². The molecule has 7 heteroatoms. The zero-order chi connectivity index (χ0) is 14.3. The van der Waals surface area contributed by atoms with Crippen molar-refractivity contribution in [3.63, 3.8) is 0 Å². The molecule has 1 rings (SSSR count). The molecule has 1 aromatic rings. The highest BCUT2D eigenvalue weighted by molar-refractivity contribution is 7.99. The van der Waals surface area contributed by atoms with Crippen LogP contribution in [0.25, 0.3) is 0 Å². The van der Waals surface area contributed by atoms with E-state index < -0.39 is 11.5 Å². The van der Waals surface area contributed by atoms with Crippen molar-refractivity contribution in [1.82, 2.24) is 20.1 Å². The van der Waals surface area contributed by atoms with Crippen molar-refractivity contribution in [2.45, 2.75) is 43.8 Å². The molecule has 19 heavy (non-hydrogen) atoms. The lowest BCUT2D eigenvalue weighted by Crippen LogP contribution is -2.49. The van der Waals surface area contributed by atoms with Crippen LogP contribution in [0, 0.1) is 0 Å². The lowest BCUT2D eigenvalue weighted by atomic mass is 9.96. The van der Waals surface area contributed by atoms with Crippen LogP contribution in [-0.2, 0) is 11.8 Å². The highest BCUT2D eigenvalue weighted by Crippen LogP contribution is 2.19. The van der Waals surface area contributed by atoms with Gasteiger partial charge in [0, 0.05) is 12.8 Å². The molecule has 0 radical (unpaired) electrons. The molecule has 0 spiro atoms. The van der Waals surface area contributed by atoms with Gasteiger partial charge in [-0.25, -0.2) is 0 Å². The third-order valence-corrected chi connectivity index (χ3v) is 4.08. The SMILES string of the molecule is CCCNC(C)(CCCSc1nncn1C)C(=O)O.